The molecule has 1 aliphatic carbocycles. The fourth-order valence-corrected chi connectivity index (χ4v) is 4.98. The van der Waals surface area contributed by atoms with Crippen LogP contribution in [0, 0.1) is 0 Å². The number of amides is 1. The fraction of sp³-hybridized carbons (Fsp3) is 0.417. The third kappa shape index (κ3) is 3.54. The van der Waals surface area contributed by atoms with Gasteiger partial charge in [-0.25, -0.2) is 9.97 Å². The fourth-order valence-electron chi connectivity index (χ4n) is 4.98. The van der Waals surface area contributed by atoms with Crippen molar-refractivity contribution in [3.63, 3.8) is 0 Å². The summed E-state index contributed by atoms with van der Waals surface area (Å²) >= 11 is 0. The van der Waals surface area contributed by atoms with E-state index >= 15 is 0 Å². The topological polar surface area (TPSA) is 131 Å². The number of hydrogen-bond acceptors (Lipinski definition) is 8. The highest BCUT2D eigenvalue weighted by Crippen LogP contribution is 2.36. The molecule has 1 saturated heterocycles. The van der Waals surface area contributed by atoms with Crippen molar-refractivity contribution < 1.29 is 19.0 Å². The highest BCUT2D eigenvalue weighted by Gasteiger charge is 2.34. The second-order valence-electron chi connectivity index (χ2n) is 8.99. The summed E-state index contributed by atoms with van der Waals surface area (Å²) in [6.07, 6.45) is 7.07. The van der Waals surface area contributed by atoms with Crippen LogP contribution in [0.15, 0.2) is 36.8 Å². The SMILES string of the molecule is COC1CCC1NC(=O)c1cnn2c(N)cc(-c3cnc4n([C@@H]5COC[C@H]5OC)cccc3-4)nc12. The standard InChI is InChI=1S/C24H27N7O4/c1-33-19-6-5-16(19)29-24(32)15-10-27-31-21(25)8-17(28-23(15)31)14-9-26-22-13(14)4-3-7-30(22)18-11-35-12-20(18)34-2/h3-4,7-10,16,18-20H,5-6,11-12,25H2,1-2H3,(H,29,32)/t16?,18-,19?,20-/m1/s1. The van der Waals surface area contributed by atoms with E-state index in [1.54, 1.807) is 26.5 Å². The van der Waals surface area contributed by atoms with Gasteiger partial charge in [0, 0.05) is 43.8 Å². The molecule has 0 radical (unpaired) electrons. The summed E-state index contributed by atoms with van der Waals surface area (Å²) in [4.78, 5) is 22.5. The van der Waals surface area contributed by atoms with Crippen molar-refractivity contribution in [2.75, 3.05) is 33.2 Å². The first-order valence-corrected chi connectivity index (χ1v) is 11.6. The van der Waals surface area contributed by atoms with Crippen LogP contribution < -0.4 is 11.1 Å². The van der Waals surface area contributed by atoms with Crippen molar-refractivity contribution in [1.82, 2.24) is 29.5 Å². The Morgan fingerprint density at radius 1 is 1.17 bits per heavy atom. The lowest BCUT2D eigenvalue weighted by molar-refractivity contribution is 0.00732. The van der Waals surface area contributed by atoms with Gasteiger partial charge < -0.3 is 29.8 Å². The molecule has 2 aromatic heterocycles. The number of nitrogen functional groups attached to an aromatic ring is 1. The summed E-state index contributed by atoms with van der Waals surface area (Å²) in [6.45, 7) is 1.10. The lowest BCUT2D eigenvalue weighted by Gasteiger charge is -2.35. The number of carbonyl (C=O) groups is 1. The molecule has 2 unspecified atom stereocenters. The van der Waals surface area contributed by atoms with E-state index in [1.165, 1.54) is 10.7 Å². The number of hydrogen-bond donors (Lipinski definition) is 2. The Hall–Kier alpha value is -3.54. The van der Waals surface area contributed by atoms with E-state index in [0.29, 0.717) is 35.9 Å². The van der Waals surface area contributed by atoms with Gasteiger partial charge in [-0.15, -0.1) is 0 Å². The molecule has 1 saturated carbocycles. The summed E-state index contributed by atoms with van der Waals surface area (Å²) in [6, 6.07) is 5.73. The molecular formula is C24H27N7O4. The molecule has 3 aliphatic heterocycles. The second-order valence-corrected chi connectivity index (χ2v) is 8.99. The first kappa shape index (κ1) is 22.0. The highest BCUT2D eigenvalue weighted by molar-refractivity contribution is 6.00. The Balaban J connectivity index is 1.36. The van der Waals surface area contributed by atoms with Gasteiger partial charge in [-0.3, -0.25) is 4.79 Å². The van der Waals surface area contributed by atoms with Gasteiger partial charge in [-0.1, -0.05) is 0 Å². The maximum Gasteiger partial charge on any atom is 0.257 e. The van der Waals surface area contributed by atoms with Gasteiger partial charge in [0.05, 0.1) is 43.3 Å². The maximum atomic E-state index is 13.0. The van der Waals surface area contributed by atoms with Crippen LogP contribution >= 0.6 is 0 Å². The van der Waals surface area contributed by atoms with Crippen molar-refractivity contribution >= 4 is 17.4 Å². The average Bonchev–Trinajstić information content (AvgIpc) is 3.59. The minimum Gasteiger partial charge on any atom is -0.384 e. The molecular weight excluding hydrogens is 450 g/mol. The number of fused-ring (bicyclic) bond motifs is 2. The first-order valence-electron chi connectivity index (χ1n) is 11.6. The molecule has 1 amide bonds. The molecule has 6 rings (SSSR count). The third-order valence-corrected chi connectivity index (χ3v) is 7.11. The van der Waals surface area contributed by atoms with Crippen LogP contribution in [0.4, 0.5) is 5.82 Å². The normalized spacial score (nSPS) is 24.2. The monoisotopic (exact) mass is 477 g/mol. The molecule has 0 bridgehead atoms. The van der Waals surface area contributed by atoms with Gasteiger partial charge in [0.1, 0.15) is 23.3 Å². The van der Waals surface area contributed by atoms with Crippen LogP contribution in [0.25, 0.3) is 28.3 Å². The Kier molecular flexibility index (Phi) is 5.39. The summed E-state index contributed by atoms with van der Waals surface area (Å²) < 4.78 is 20.2. The summed E-state index contributed by atoms with van der Waals surface area (Å²) in [7, 11) is 3.35. The van der Waals surface area contributed by atoms with Crippen LogP contribution in [0.5, 0.6) is 0 Å². The minimum absolute atomic E-state index is 0.0165. The summed E-state index contributed by atoms with van der Waals surface area (Å²) in [5.74, 6) is 0.942. The van der Waals surface area contributed by atoms with Crippen LogP contribution in [0.2, 0.25) is 0 Å². The summed E-state index contributed by atoms with van der Waals surface area (Å²) in [5, 5.41) is 7.31. The molecule has 2 fully saturated rings. The molecule has 4 aliphatic rings. The molecule has 35 heavy (non-hydrogen) atoms. The molecule has 5 heterocycles. The van der Waals surface area contributed by atoms with Crippen molar-refractivity contribution in [2.24, 2.45) is 0 Å². The number of carbonyl (C=O) groups excluding carboxylic acids is 1. The number of pyridine rings is 1. The smallest absolute Gasteiger partial charge is 0.257 e. The number of ether oxygens (including phenoxy) is 3. The lowest BCUT2D eigenvalue weighted by atomic mass is 9.89. The van der Waals surface area contributed by atoms with Crippen LogP contribution in [0.1, 0.15) is 29.2 Å². The molecule has 2 aromatic rings. The number of rotatable bonds is 6. The number of nitrogens with one attached hydrogen (secondary N) is 1. The average molecular weight is 478 g/mol. The van der Waals surface area contributed by atoms with Crippen LogP contribution in [0.3, 0.4) is 0 Å². The second kappa shape index (κ2) is 8.59. The van der Waals surface area contributed by atoms with E-state index in [0.717, 1.165) is 29.8 Å². The maximum absolute atomic E-state index is 13.0. The highest BCUT2D eigenvalue weighted by atomic mass is 16.5. The van der Waals surface area contributed by atoms with Gasteiger partial charge in [-0.2, -0.15) is 9.61 Å². The molecule has 182 valence electrons. The number of anilines is 1. The van der Waals surface area contributed by atoms with E-state index < -0.39 is 0 Å². The molecule has 0 aromatic carbocycles. The van der Waals surface area contributed by atoms with E-state index in [-0.39, 0.29) is 30.2 Å². The summed E-state index contributed by atoms with van der Waals surface area (Å²) in [5.41, 5.74) is 9.45. The predicted octanol–water partition coefficient (Wildman–Crippen LogP) is 1.77. The first-order chi connectivity index (χ1) is 17.1. The predicted molar refractivity (Wildman–Crippen MR) is 127 cm³/mol. The quantitative estimate of drug-likeness (QED) is 0.430. The van der Waals surface area contributed by atoms with Crippen molar-refractivity contribution in [3.05, 3.63) is 42.4 Å². The van der Waals surface area contributed by atoms with E-state index in [9.17, 15) is 4.79 Å². The Morgan fingerprint density at radius 3 is 2.80 bits per heavy atom. The van der Waals surface area contributed by atoms with Gasteiger partial charge in [0.15, 0.2) is 5.65 Å². The van der Waals surface area contributed by atoms with Crippen molar-refractivity contribution in [1.29, 1.82) is 0 Å². The largest absolute Gasteiger partial charge is 0.384 e. The Morgan fingerprint density at radius 2 is 2.03 bits per heavy atom. The Labute approximate surface area is 201 Å². The van der Waals surface area contributed by atoms with Gasteiger partial charge in [0.2, 0.25) is 0 Å². The number of nitrogens with zero attached hydrogens (tertiary/aromatic N) is 5. The number of nitrogens with two attached hydrogens (primary N) is 1. The molecule has 0 spiro atoms. The number of aromatic nitrogens is 5. The lowest BCUT2D eigenvalue weighted by Crippen LogP contribution is -2.51. The number of methoxy groups -OCH3 is 2. The Bertz CT molecular complexity index is 1360. The van der Waals surface area contributed by atoms with E-state index in [2.05, 4.69) is 15.0 Å². The van der Waals surface area contributed by atoms with Gasteiger partial charge in [0.25, 0.3) is 5.91 Å². The zero-order valence-electron chi connectivity index (χ0n) is 19.5. The van der Waals surface area contributed by atoms with Crippen molar-refractivity contribution in [2.45, 2.75) is 37.1 Å². The van der Waals surface area contributed by atoms with Crippen molar-refractivity contribution in [3.8, 4) is 22.6 Å². The molecule has 11 heteroatoms. The van der Waals surface area contributed by atoms with Crippen LogP contribution in [-0.4, -0.2) is 75.7 Å². The molecule has 11 nitrogen and oxygen atoms in total. The zero-order chi connectivity index (χ0) is 24.1. The van der Waals surface area contributed by atoms with Crippen LogP contribution in [-0.2, 0) is 14.2 Å². The van der Waals surface area contributed by atoms with Gasteiger partial charge in [-0.05, 0) is 25.0 Å². The minimum atomic E-state index is -0.244. The van der Waals surface area contributed by atoms with Gasteiger partial charge >= 0.3 is 0 Å². The van der Waals surface area contributed by atoms with E-state index in [4.69, 9.17) is 29.9 Å². The molecule has 3 N–H and O–H groups in total. The van der Waals surface area contributed by atoms with E-state index in [1.807, 2.05) is 18.3 Å². The molecule has 4 atom stereocenters. The third-order valence-electron chi connectivity index (χ3n) is 7.11. The zero-order valence-corrected chi connectivity index (χ0v) is 19.5.